The largest absolute Gasteiger partial charge is 0.461 e. The Hall–Kier alpha value is -0.935. The van der Waals surface area contributed by atoms with Crippen molar-refractivity contribution in [3.05, 3.63) is 35.9 Å². The van der Waals surface area contributed by atoms with Crippen molar-refractivity contribution in [2.45, 2.75) is 36.8 Å². The highest BCUT2D eigenvalue weighted by molar-refractivity contribution is 8.00. The van der Waals surface area contributed by atoms with E-state index in [0.717, 1.165) is 11.3 Å². The summed E-state index contributed by atoms with van der Waals surface area (Å²) in [7, 11) is 2.10. The van der Waals surface area contributed by atoms with E-state index in [1.165, 1.54) is 0 Å². The Bertz CT molecular complexity index is 495. The molecule has 4 atom stereocenters. The van der Waals surface area contributed by atoms with Crippen LogP contribution in [0.3, 0.4) is 0 Å². The molecule has 0 spiro atoms. The standard InChI is InChI=1S/C15H19BO3S/c1-10-13-14(16)19-15(10,9-20-13)7-12(17)18-8-11-5-3-2-4-6-11/h2-6,10,13-14H,7-9,16H2,1H3/t10?,13?,14-,15+/m1/s1. The maximum atomic E-state index is 12.1. The van der Waals surface area contributed by atoms with Crippen molar-refractivity contribution >= 4 is 25.6 Å². The summed E-state index contributed by atoms with van der Waals surface area (Å²) < 4.78 is 11.5. The molecule has 0 N–H and O–H groups in total. The van der Waals surface area contributed by atoms with Crippen LogP contribution < -0.4 is 0 Å². The van der Waals surface area contributed by atoms with E-state index in [-0.39, 0.29) is 17.6 Å². The molecule has 1 aromatic rings. The highest BCUT2D eigenvalue weighted by Crippen LogP contribution is 2.52. The van der Waals surface area contributed by atoms with E-state index in [4.69, 9.17) is 9.47 Å². The topological polar surface area (TPSA) is 35.5 Å². The van der Waals surface area contributed by atoms with Crippen molar-refractivity contribution in [3.63, 3.8) is 0 Å². The van der Waals surface area contributed by atoms with Gasteiger partial charge in [-0.15, -0.1) is 0 Å². The van der Waals surface area contributed by atoms with Gasteiger partial charge in [0.15, 0.2) is 0 Å². The summed E-state index contributed by atoms with van der Waals surface area (Å²) in [6.45, 7) is 2.54. The molecule has 2 unspecified atom stereocenters. The minimum absolute atomic E-state index is 0.156. The zero-order valence-electron chi connectivity index (χ0n) is 11.9. The van der Waals surface area contributed by atoms with Crippen molar-refractivity contribution < 1.29 is 14.3 Å². The lowest BCUT2D eigenvalue weighted by Crippen LogP contribution is -2.39. The predicted molar refractivity (Wildman–Crippen MR) is 82.4 cm³/mol. The smallest absolute Gasteiger partial charge is 0.309 e. The number of fused-ring (bicyclic) bond motifs is 2. The first-order valence-corrected chi connectivity index (χ1v) is 8.14. The maximum absolute atomic E-state index is 12.1. The number of ether oxygens (including phenoxy) is 2. The molecule has 2 aliphatic rings. The summed E-state index contributed by atoms with van der Waals surface area (Å²) >= 11 is 1.93. The summed E-state index contributed by atoms with van der Waals surface area (Å²) in [6.07, 6.45) is 0.370. The molecular weight excluding hydrogens is 271 g/mol. The normalized spacial score (nSPS) is 35.1. The molecule has 1 aromatic carbocycles. The molecule has 0 saturated carbocycles. The zero-order chi connectivity index (χ0) is 14.2. The SMILES string of the molecule is B[C@@H]1O[C@@]2(CC(=O)OCc3ccccc3)CSC1C2C. The van der Waals surface area contributed by atoms with Crippen molar-refractivity contribution in [1.29, 1.82) is 0 Å². The minimum Gasteiger partial charge on any atom is -0.461 e. The summed E-state index contributed by atoms with van der Waals surface area (Å²) in [4.78, 5) is 12.1. The molecule has 106 valence electrons. The van der Waals surface area contributed by atoms with Crippen molar-refractivity contribution in [1.82, 2.24) is 0 Å². The molecule has 3 rings (SSSR count). The summed E-state index contributed by atoms with van der Waals surface area (Å²) in [5, 5.41) is 0.525. The van der Waals surface area contributed by atoms with Gasteiger partial charge in [-0.05, 0) is 5.56 Å². The Balaban J connectivity index is 1.57. The molecule has 0 amide bonds. The average Bonchev–Trinajstić information content (AvgIpc) is 2.86. The molecule has 2 fully saturated rings. The van der Waals surface area contributed by atoms with Crippen molar-refractivity contribution in [3.8, 4) is 0 Å². The molecule has 2 saturated heterocycles. The fourth-order valence-electron chi connectivity index (χ4n) is 3.22. The second-order valence-corrected chi connectivity index (χ2v) is 6.94. The van der Waals surface area contributed by atoms with E-state index in [1.54, 1.807) is 0 Å². The highest BCUT2D eigenvalue weighted by Gasteiger charge is 2.57. The molecule has 3 nitrogen and oxygen atoms in total. The maximum Gasteiger partial charge on any atom is 0.309 e. The first kappa shape index (κ1) is 14.0. The third-order valence-electron chi connectivity index (χ3n) is 4.41. The Morgan fingerprint density at radius 2 is 2.25 bits per heavy atom. The van der Waals surface area contributed by atoms with Crippen LogP contribution in [0.1, 0.15) is 18.9 Å². The third kappa shape index (κ3) is 2.49. The lowest BCUT2D eigenvalue weighted by Gasteiger charge is -2.29. The first-order chi connectivity index (χ1) is 9.61. The Kier molecular flexibility index (Phi) is 3.82. The van der Waals surface area contributed by atoms with Crippen LogP contribution in [0.5, 0.6) is 0 Å². The van der Waals surface area contributed by atoms with Gasteiger partial charge in [0.2, 0.25) is 0 Å². The average molecular weight is 290 g/mol. The quantitative estimate of drug-likeness (QED) is 0.623. The van der Waals surface area contributed by atoms with Gasteiger partial charge in [-0.2, -0.15) is 11.8 Å². The van der Waals surface area contributed by atoms with Gasteiger partial charge in [0.1, 0.15) is 14.5 Å². The Labute approximate surface area is 124 Å². The van der Waals surface area contributed by atoms with Crippen LogP contribution in [-0.2, 0) is 20.9 Å². The van der Waals surface area contributed by atoms with Gasteiger partial charge >= 0.3 is 5.97 Å². The minimum atomic E-state index is -0.303. The van der Waals surface area contributed by atoms with E-state index >= 15 is 0 Å². The van der Waals surface area contributed by atoms with E-state index < -0.39 is 0 Å². The number of esters is 1. The van der Waals surface area contributed by atoms with E-state index in [0.29, 0.717) is 24.2 Å². The lowest BCUT2D eigenvalue weighted by atomic mass is 9.84. The second kappa shape index (κ2) is 5.45. The molecule has 2 aliphatic heterocycles. The molecule has 0 radical (unpaired) electrons. The Morgan fingerprint density at radius 3 is 2.85 bits per heavy atom. The highest BCUT2D eigenvalue weighted by atomic mass is 32.2. The summed E-state index contributed by atoms with van der Waals surface area (Å²) in [5.74, 6) is 1.17. The van der Waals surface area contributed by atoms with Crippen LogP contribution in [0, 0.1) is 5.92 Å². The fourth-order valence-corrected chi connectivity index (χ4v) is 4.99. The van der Waals surface area contributed by atoms with Crippen molar-refractivity contribution in [2.24, 2.45) is 5.92 Å². The molecule has 0 aromatic heterocycles. The number of rotatable bonds is 4. The number of carbonyl (C=O) groups excluding carboxylic acids is 1. The third-order valence-corrected chi connectivity index (χ3v) is 6.24. The van der Waals surface area contributed by atoms with Gasteiger partial charge in [-0.25, -0.2) is 0 Å². The number of thioether (sulfide) groups is 1. The van der Waals surface area contributed by atoms with Gasteiger partial charge in [0.05, 0.1) is 12.0 Å². The van der Waals surface area contributed by atoms with Crippen LogP contribution in [0.4, 0.5) is 0 Å². The summed E-state index contributed by atoms with van der Waals surface area (Å²) in [5.41, 5.74) is 0.716. The number of benzene rings is 1. The second-order valence-electron chi connectivity index (χ2n) is 5.78. The van der Waals surface area contributed by atoms with Crippen LogP contribution in [0.25, 0.3) is 0 Å². The molecule has 0 aliphatic carbocycles. The van der Waals surface area contributed by atoms with E-state index in [9.17, 15) is 4.79 Å². The van der Waals surface area contributed by atoms with E-state index in [2.05, 4.69) is 14.8 Å². The summed E-state index contributed by atoms with van der Waals surface area (Å²) in [6, 6.07) is 10.0. The van der Waals surface area contributed by atoms with Crippen LogP contribution >= 0.6 is 11.8 Å². The zero-order valence-corrected chi connectivity index (χ0v) is 12.7. The number of hydrogen-bond donors (Lipinski definition) is 0. The van der Waals surface area contributed by atoms with Gasteiger partial charge in [-0.3, -0.25) is 4.79 Å². The van der Waals surface area contributed by atoms with Gasteiger partial charge < -0.3 is 9.47 Å². The van der Waals surface area contributed by atoms with E-state index in [1.807, 2.05) is 42.1 Å². The van der Waals surface area contributed by atoms with Crippen LogP contribution in [0.15, 0.2) is 30.3 Å². The Morgan fingerprint density at radius 1 is 1.50 bits per heavy atom. The molecular formula is C15H19BO3S. The van der Waals surface area contributed by atoms with Gasteiger partial charge in [-0.1, -0.05) is 37.3 Å². The lowest BCUT2D eigenvalue weighted by molar-refractivity contribution is -0.151. The number of hydrogen-bond acceptors (Lipinski definition) is 4. The van der Waals surface area contributed by atoms with Gasteiger partial charge in [0.25, 0.3) is 0 Å². The van der Waals surface area contributed by atoms with Crippen molar-refractivity contribution in [2.75, 3.05) is 5.75 Å². The number of carbonyl (C=O) groups is 1. The molecule has 2 bridgehead atoms. The molecule has 20 heavy (non-hydrogen) atoms. The predicted octanol–water partition coefficient (Wildman–Crippen LogP) is 1.60. The molecule has 2 heterocycles. The van der Waals surface area contributed by atoms with Crippen LogP contribution in [-0.4, -0.2) is 36.4 Å². The monoisotopic (exact) mass is 290 g/mol. The van der Waals surface area contributed by atoms with Gasteiger partial charge in [0, 0.05) is 22.9 Å². The first-order valence-electron chi connectivity index (χ1n) is 7.10. The van der Waals surface area contributed by atoms with Crippen LogP contribution in [0.2, 0.25) is 0 Å². The molecule has 5 heteroatoms. The fraction of sp³-hybridized carbons (Fsp3) is 0.533.